The fourth-order valence-corrected chi connectivity index (χ4v) is 3.21. The lowest BCUT2D eigenvalue weighted by Gasteiger charge is -2.22. The molecule has 3 heterocycles. The minimum Gasteiger partial charge on any atom is -0.464 e. The van der Waals surface area contributed by atoms with E-state index in [-0.39, 0.29) is 5.56 Å². The molecule has 0 bridgehead atoms. The molecule has 0 unspecified atom stereocenters. The van der Waals surface area contributed by atoms with Gasteiger partial charge in [-0.1, -0.05) is 19.3 Å². The second-order valence-electron chi connectivity index (χ2n) is 5.93. The lowest BCUT2D eigenvalue weighted by Crippen LogP contribution is -2.25. The fourth-order valence-electron chi connectivity index (χ4n) is 3.21. The second kappa shape index (κ2) is 5.87. The van der Waals surface area contributed by atoms with Gasteiger partial charge in [-0.05, 0) is 31.0 Å². The van der Waals surface area contributed by atoms with Crippen molar-refractivity contribution in [2.75, 3.05) is 5.32 Å². The third kappa shape index (κ3) is 2.72. The summed E-state index contributed by atoms with van der Waals surface area (Å²) >= 11 is 0. The van der Waals surface area contributed by atoms with Gasteiger partial charge in [0, 0.05) is 17.8 Å². The van der Waals surface area contributed by atoms with E-state index in [9.17, 15) is 4.79 Å². The zero-order valence-electron chi connectivity index (χ0n) is 12.7. The smallest absolute Gasteiger partial charge is 0.262 e. The van der Waals surface area contributed by atoms with Crippen LogP contribution in [0, 0.1) is 0 Å². The van der Waals surface area contributed by atoms with E-state index in [4.69, 9.17) is 4.42 Å². The number of nitrogens with one attached hydrogen (secondary N) is 2. The highest BCUT2D eigenvalue weighted by Crippen LogP contribution is 2.25. The van der Waals surface area contributed by atoms with Gasteiger partial charge in [-0.25, -0.2) is 4.98 Å². The highest BCUT2D eigenvalue weighted by Gasteiger charge is 2.16. The molecular weight excluding hydrogens is 292 g/mol. The molecule has 6 heteroatoms. The third-order valence-electron chi connectivity index (χ3n) is 4.34. The first-order valence-electron chi connectivity index (χ1n) is 8.01. The van der Waals surface area contributed by atoms with Crippen LogP contribution >= 0.6 is 0 Å². The van der Waals surface area contributed by atoms with Crippen LogP contribution in [0.2, 0.25) is 0 Å². The third-order valence-corrected chi connectivity index (χ3v) is 4.34. The molecule has 2 N–H and O–H groups in total. The first kappa shape index (κ1) is 14.0. The molecule has 0 spiro atoms. The van der Waals surface area contributed by atoms with E-state index in [1.807, 2.05) is 6.07 Å². The van der Waals surface area contributed by atoms with Crippen molar-refractivity contribution in [2.45, 2.75) is 38.1 Å². The van der Waals surface area contributed by atoms with Crippen molar-refractivity contribution in [3.05, 3.63) is 41.0 Å². The normalized spacial score (nSPS) is 15.8. The molecule has 0 atom stereocenters. The number of rotatable bonds is 3. The van der Waals surface area contributed by atoms with Gasteiger partial charge in [0.2, 0.25) is 5.95 Å². The Bertz CT molecular complexity index is 864. The minimum absolute atomic E-state index is 0.201. The Morgan fingerprint density at radius 3 is 2.87 bits per heavy atom. The molecule has 0 aromatic carbocycles. The molecule has 3 aromatic heterocycles. The Labute approximate surface area is 133 Å². The Morgan fingerprint density at radius 2 is 2.09 bits per heavy atom. The summed E-state index contributed by atoms with van der Waals surface area (Å²) in [5.41, 5.74) is 0.937. The highest BCUT2D eigenvalue weighted by molar-refractivity contribution is 5.90. The second-order valence-corrected chi connectivity index (χ2v) is 5.93. The zero-order valence-corrected chi connectivity index (χ0v) is 12.7. The van der Waals surface area contributed by atoms with Gasteiger partial charge in [0.1, 0.15) is 5.76 Å². The Morgan fingerprint density at radius 1 is 1.22 bits per heavy atom. The van der Waals surface area contributed by atoms with Crippen molar-refractivity contribution < 1.29 is 4.42 Å². The van der Waals surface area contributed by atoms with Crippen molar-refractivity contribution in [2.24, 2.45) is 0 Å². The number of hydrogen-bond donors (Lipinski definition) is 2. The molecule has 0 radical (unpaired) electrons. The monoisotopic (exact) mass is 310 g/mol. The number of aromatic amines is 1. The van der Waals surface area contributed by atoms with E-state index in [2.05, 4.69) is 20.3 Å². The molecule has 1 fully saturated rings. The number of H-pyrrole nitrogens is 1. The molecule has 0 saturated heterocycles. The summed E-state index contributed by atoms with van der Waals surface area (Å²) in [6, 6.07) is 5.76. The van der Waals surface area contributed by atoms with Gasteiger partial charge in [-0.15, -0.1) is 0 Å². The zero-order chi connectivity index (χ0) is 15.6. The molecule has 6 nitrogen and oxygen atoms in total. The summed E-state index contributed by atoms with van der Waals surface area (Å²) in [7, 11) is 0. The minimum atomic E-state index is -0.201. The van der Waals surface area contributed by atoms with Gasteiger partial charge in [0.25, 0.3) is 5.56 Å². The average Bonchev–Trinajstić information content (AvgIpc) is 3.09. The maximum absolute atomic E-state index is 12.5. The van der Waals surface area contributed by atoms with Crippen LogP contribution in [0.3, 0.4) is 0 Å². The van der Waals surface area contributed by atoms with Gasteiger partial charge < -0.3 is 9.73 Å². The SMILES string of the molecule is O=c1[nH]c(NC2CCCCC2)nc2nccc(-c3ccco3)c12. The molecule has 1 aliphatic carbocycles. The van der Waals surface area contributed by atoms with Crippen LogP contribution in [0.5, 0.6) is 0 Å². The predicted molar refractivity (Wildman–Crippen MR) is 88.4 cm³/mol. The molecule has 1 aliphatic rings. The van der Waals surface area contributed by atoms with Crippen molar-refractivity contribution in [3.63, 3.8) is 0 Å². The van der Waals surface area contributed by atoms with E-state index in [1.54, 1.807) is 24.6 Å². The molecule has 0 amide bonds. The molecule has 23 heavy (non-hydrogen) atoms. The Hall–Kier alpha value is -2.63. The van der Waals surface area contributed by atoms with E-state index in [0.717, 1.165) is 12.8 Å². The van der Waals surface area contributed by atoms with E-state index < -0.39 is 0 Å². The van der Waals surface area contributed by atoms with E-state index in [0.29, 0.717) is 34.3 Å². The number of aromatic nitrogens is 3. The maximum atomic E-state index is 12.5. The van der Waals surface area contributed by atoms with E-state index in [1.165, 1.54) is 19.3 Å². The Balaban J connectivity index is 1.75. The van der Waals surface area contributed by atoms with Gasteiger partial charge >= 0.3 is 0 Å². The lowest BCUT2D eigenvalue weighted by atomic mass is 9.96. The molecular formula is C17H18N4O2. The summed E-state index contributed by atoms with van der Waals surface area (Å²) in [6.07, 6.45) is 9.18. The molecule has 3 aromatic rings. The molecule has 4 rings (SSSR count). The van der Waals surface area contributed by atoms with Crippen LogP contribution < -0.4 is 10.9 Å². The lowest BCUT2D eigenvalue weighted by molar-refractivity contribution is 0.461. The van der Waals surface area contributed by atoms with Crippen LogP contribution in [0.4, 0.5) is 5.95 Å². The fraction of sp³-hybridized carbons (Fsp3) is 0.353. The Kier molecular flexibility index (Phi) is 3.57. The maximum Gasteiger partial charge on any atom is 0.262 e. The van der Waals surface area contributed by atoms with Crippen molar-refractivity contribution in [3.8, 4) is 11.3 Å². The van der Waals surface area contributed by atoms with Gasteiger partial charge in [0.05, 0.1) is 11.6 Å². The van der Waals surface area contributed by atoms with Crippen molar-refractivity contribution >= 4 is 17.0 Å². The average molecular weight is 310 g/mol. The van der Waals surface area contributed by atoms with Gasteiger partial charge in [-0.3, -0.25) is 9.78 Å². The van der Waals surface area contributed by atoms with Gasteiger partial charge in [-0.2, -0.15) is 4.98 Å². The molecule has 0 aliphatic heterocycles. The van der Waals surface area contributed by atoms with Crippen LogP contribution in [-0.4, -0.2) is 21.0 Å². The summed E-state index contributed by atoms with van der Waals surface area (Å²) in [4.78, 5) is 24.1. The quantitative estimate of drug-likeness (QED) is 0.775. The number of fused-ring (bicyclic) bond motifs is 1. The summed E-state index contributed by atoms with van der Waals surface area (Å²) in [6.45, 7) is 0. The number of anilines is 1. The van der Waals surface area contributed by atoms with Crippen LogP contribution in [-0.2, 0) is 0 Å². The van der Waals surface area contributed by atoms with Crippen LogP contribution in [0.1, 0.15) is 32.1 Å². The van der Waals surface area contributed by atoms with Crippen molar-refractivity contribution in [1.82, 2.24) is 15.0 Å². The topological polar surface area (TPSA) is 83.8 Å². The first-order chi connectivity index (χ1) is 11.3. The summed E-state index contributed by atoms with van der Waals surface area (Å²) in [5, 5.41) is 3.79. The van der Waals surface area contributed by atoms with Gasteiger partial charge in [0.15, 0.2) is 5.65 Å². The summed E-state index contributed by atoms with van der Waals surface area (Å²) in [5.74, 6) is 1.14. The van der Waals surface area contributed by atoms with E-state index >= 15 is 0 Å². The molecule has 1 saturated carbocycles. The predicted octanol–water partition coefficient (Wildman–Crippen LogP) is 3.32. The van der Waals surface area contributed by atoms with Crippen LogP contribution in [0.15, 0.2) is 39.9 Å². The highest BCUT2D eigenvalue weighted by atomic mass is 16.3. The summed E-state index contributed by atoms with van der Waals surface area (Å²) < 4.78 is 5.41. The number of hydrogen-bond acceptors (Lipinski definition) is 5. The number of nitrogens with zero attached hydrogens (tertiary/aromatic N) is 2. The first-order valence-corrected chi connectivity index (χ1v) is 8.01. The molecule has 118 valence electrons. The van der Waals surface area contributed by atoms with Crippen molar-refractivity contribution in [1.29, 1.82) is 0 Å². The largest absolute Gasteiger partial charge is 0.464 e. The number of furan rings is 1. The van der Waals surface area contributed by atoms with Crippen LogP contribution in [0.25, 0.3) is 22.4 Å². The standard InChI is InChI=1S/C17H18N4O2/c22-16-14-12(13-7-4-10-23-13)8-9-18-15(14)20-17(21-16)19-11-5-2-1-3-6-11/h4,7-11H,1-3,5-6H2,(H2,18,19,20,21,22). The number of pyridine rings is 1.